The molecule has 18 heteroatoms. The van der Waals surface area contributed by atoms with Crippen molar-refractivity contribution >= 4 is 6.47 Å². The van der Waals surface area contributed by atoms with Gasteiger partial charge in [0.25, 0.3) is 6.47 Å². The van der Waals surface area contributed by atoms with Gasteiger partial charge in [-0.25, -0.2) is 8.78 Å². The van der Waals surface area contributed by atoms with Crippen LogP contribution >= 0.6 is 0 Å². The summed E-state index contributed by atoms with van der Waals surface area (Å²) in [6.07, 6.45) is -5.89. The molecule has 0 aromatic heterocycles. The highest BCUT2D eigenvalue weighted by atomic mass is 19.4. The van der Waals surface area contributed by atoms with Crippen LogP contribution in [0, 0.1) is 0 Å². The smallest absolute Gasteiger partial charge is 0.385 e. The van der Waals surface area contributed by atoms with Crippen LogP contribution in [0.15, 0.2) is 0 Å². The number of halogens is 16. The van der Waals surface area contributed by atoms with E-state index >= 15 is 0 Å². The fourth-order valence-corrected chi connectivity index (χ4v) is 1.40. The molecule has 0 saturated heterocycles. The molecule has 0 aliphatic heterocycles. The fraction of sp³-hybridized carbons (Fsp3) is 0.900. The minimum Gasteiger partial charge on any atom is -0.461 e. The van der Waals surface area contributed by atoms with Crippen LogP contribution in [0.2, 0.25) is 0 Å². The van der Waals surface area contributed by atoms with Crippen LogP contribution in [0.1, 0.15) is 0 Å². The van der Waals surface area contributed by atoms with Crippen LogP contribution in [-0.2, 0) is 9.53 Å². The summed E-state index contributed by atoms with van der Waals surface area (Å²) in [6.45, 7) is -4.28. The Balaban J connectivity index is 6.50. The molecule has 0 unspecified atom stereocenters. The molecule has 0 radical (unpaired) electrons. The monoisotopic (exact) mass is 460 g/mol. The maximum Gasteiger partial charge on any atom is 0.385 e. The number of alkyl halides is 16. The normalized spacial score (nSPS) is 15.8. The number of rotatable bonds is 10. The van der Waals surface area contributed by atoms with Gasteiger partial charge < -0.3 is 4.74 Å². The van der Waals surface area contributed by atoms with E-state index in [1.54, 1.807) is 0 Å². The van der Waals surface area contributed by atoms with Crippen LogP contribution in [-0.4, -0.2) is 61.0 Å². The first-order valence-electron chi connectivity index (χ1n) is 5.98. The summed E-state index contributed by atoms with van der Waals surface area (Å²) in [5, 5.41) is 0. The van der Waals surface area contributed by atoms with E-state index in [0.717, 1.165) is 0 Å². The summed E-state index contributed by atoms with van der Waals surface area (Å²) in [4.78, 5) is 9.58. The van der Waals surface area contributed by atoms with Crippen molar-refractivity contribution in [1.82, 2.24) is 0 Å². The molecule has 0 aromatic rings. The summed E-state index contributed by atoms with van der Waals surface area (Å²) < 4.78 is 208. The summed E-state index contributed by atoms with van der Waals surface area (Å²) in [7, 11) is 0. The molecular formula is C10H4F16O2. The number of hydrogen-bond donors (Lipinski definition) is 0. The third-order valence-electron chi connectivity index (χ3n) is 3.06. The van der Waals surface area contributed by atoms with Crippen molar-refractivity contribution < 1.29 is 79.8 Å². The minimum atomic E-state index is -8.45. The highest BCUT2D eigenvalue weighted by Crippen LogP contribution is 2.62. The average molecular weight is 460 g/mol. The van der Waals surface area contributed by atoms with E-state index < -0.39 is 61.0 Å². The van der Waals surface area contributed by atoms with E-state index in [0.29, 0.717) is 0 Å². The number of hydrogen-bond acceptors (Lipinski definition) is 2. The zero-order valence-electron chi connectivity index (χ0n) is 12.2. The average Bonchev–Trinajstić information content (AvgIpc) is 2.51. The van der Waals surface area contributed by atoms with Crippen molar-refractivity contribution in [1.29, 1.82) is 0 Å². The molecule has 28 heavy (non-hydrogen) atoms. The van der Waals surface area contributed by atoms with Gasteiger partial charge in [0, 0.05) is 0 Å². The second-order valence-corrected chi connectivity index (χ2v) is 4.91. The molecule has 0 heterocycles. The van der Waals surface area contributed by atoms with Gasteiger partial charge in [-0.05, 0) is 0 Å². The quantitative estimate of drug-likeness (QED) is 0.344. The first kappa shape index (κ1) is 26.3. The van der Waals surface area contributed by atoms with Crippen LogP contribution in [0.4, 0.5) is 70.2 Å². The van der Waals surface area contributed by atoms with Gasteiger partial charge in [-0.3, -0.25) is 4.79 Å². The lowest BCUT2D eigenvalue weighted by Crippen LogP contribution is -2.74. The molecule has 0 aliphatic carbocycles. The predicted molar refractivity (Wildman–Crippen MR) is 52.6 cm³/mol. The Morgan fingerprint density at radius 3 is 1.25 bits per heavy atom. The van der Waals surface area contributed by atoms with E-state index in [2.05, 4.69) is 4.74 Å². The molecule has 0 aliphatic rings. The summed E-state index contributed by atoms with van der Waals surface area (Å²) >= 11 is 0. The largest absolute Gasteiger partial charge is 0.461 e. The molecule has 0 aromatic carbocycles. The van der Waals surface area contributed by atoms with Crippen LogP contribution in [0.3, 0.4) is 0 Å². The van der Waals surface area contributed by atoms with Gasteiger partial charge in [0.15, 0.2) is 6.61 Å². The van der Waals surface area contributed by atoms with Crippen molar-refractivity contribution in [3.8, 4) is 0 Å². The van der Waals surface area contributed by atoms with Crippen molar-refractivity contribution in [2.45, 2.75) is 47.9 Å². The van der Waals surface area contributed by atoms with E-state index in [1.807, 2.05) is 0 Å². The van der Waals surface area contributed by atoms with E-state index in [-0.39, 0.29) is 0 Å². The minimum absolute atomic E-state index is 1.12. The van der Waals surface area contributed by atoms with Crippen molar-refractivity contribution in [3.63, 3.8) is 0 Å². The Morgan fingerprint density at radius 2 is 0.929 bits per heavy atom. The number of ether oxygens (including phenoxy) is 1. The zero-order valence-corrected chi connectivity index (χ0v) is 12.2. The second-order valence-electron chi connectivity index (χ2n) is 4.91. The molecule has 0 fully saturated rings. The maximum atomic E-state index is 13.1. The molecule has 0 atom stereocenters. The van der Waals surface area contributed by atoms with Gasteiger partial charge in [0.2, 0.25) is 0 Å². The van der Waals surface area contributed by atoms with Gasteiger partial charge in [0.05, 0.1) is 0 Å². The lowest BCUT2D eigenvalue weighted by atomic mass is 9.89. The molecular weight excluding hydrogens is 456 g/mol. The van der Waals surface area contributed by atoms with Gasteiger partial charge in [0.1, 0.15) is 0 Å². The Morgan fingerprint density at radius 1 is 0.607 bits per heavy atom. The topological polar surface area (TPSA) is 26.3 Å². The van der Waals surface area contributed by atoms with E-state index in [4.69, 9.17) is 0 Å². The Bertz CT molecular complexity index is 568. The zero-order chi connectivity index (χ0) is 23.2. The van der Waals surface area contributed by atoms with Crippen molar-refractivity contribution in [2.24, 2.45) is 0 Å². The fourth-order valence-electron chi connectivity index (χ4n) is 1.40. The highest BCUT2D eigenvalue weighted by Gasteiger charge is 2.93. The Hall–Kier alpha value is -1.65. The predicted octanol–water partition coefficient (Wildman–Crippen LogP) is 4.87. The highest BCUT2D eigenvalue weighted by molar-refractivity contribution is 5.37. The molecule has 0 amide bonds. The number of carbonyl (C=O) groups excluding carboxylic acids is 1. The van der Waals surface area contributed by atoms with Crippen LogP contribution in [0.5, 0.6) is 0 Å². The molecule has 0 N–H and O–H groups in total. The second kappa shape index (κ2) is 7.00. The van der Waals surface area contributed by atoms with Gasteiger partial charge in [-0.1, -0.05) is 0 Å². The maximum absolute atomic E-state index is 13.1. The third kappa shape index (κ3) is 3.31. The lowest BCUT2D eigenvalue weighted by molar-refractivity contribution is -0.447. The Labute approximate surface area is 142 Å². The number of carbonyl (C=O) groups is 1. The van der Waals surface area contributed by atoms with Crippen LogP contribution < -0.4 is 0 Å². The Kier molecular flexibility index (Phi) is 6.58. The first-order valence-corrected chi connectivity index (χ1v) is 5.98. The molecule has 0 spiro atoms. The van der Waals surface area contributed by atoms with Crippen molar-refractivity contribution in [2.75, 3.05) is 6.61 Å². The summed E-state index contributed by atoms with van der Waals surface area (Å²) in [5.74, 6) is -55.1. The molecule has 2 nitrogen and oxygen atoms in total. The SMILES string of the molecule is O=COCC(F)(F)C(F)(F)C(F)(F)C(F)(F)C(F)(F)C(F)(F)C(F)(F)C(F)F. The van der Waals surface area contributed by atoms with E-state index in [1.165, 1.54) is 0 Å². The lowest BCUT2D eigenvalue weighted by Gasteiger charge is -2.42. The van der Waals surface area contributed by atoms with Gasteiger partial charge >= 0.3 is 47.9 Å². The molecule has 0 saturated carbocycles. The van der Waals surface area contributed by atoms with E-state index in [9.17, 15) is 75.0 Å². The van der Waals surface area contributed by atoms with Crippen LogP contribution in [0.25, 0.3) is 0 Å². The summed E-state index contributed by atoms with van der Waals surface area (Å²) in [6, 6.07) is 0. The molecule has 168 valence electrons. The van der Waals surface area contributed by atoms with Gasteiger partial charge in [-0.15, -0.1) is 0 Å². The third-order valence-corrected chi connectivity index (χ3v) is 3.06. The molecule has 0 rings (SSSR count). The van der Waals surface area contributed by atoms with Gasteiger partial charge in [-0.2, -0.15) is 61.5 Å². The summed E-state index contributed by atoms with van der Waals surface area (Å²) in [5.41, 5.74) is 0. The first-order chi connectivity index (χ1) is 12.0. The standard InChI is InChI=1S/C10H4F16O2/c11-3(12)5(15,16)7(19,20)9(23,24)10(25,26)8(21,22)6(17,18)4(13,14)1-28-2-27/h2-3H,1H2. The van der Waals surface area contributed by atoms with Crippen molar-refractivity contribution in [3.05, 3.63) is 0 Å². The molecule has 0 bridgehead atoms.